The number of rotatable bonds is 11. The van der Waals surface area contributed by atoms with E-state index in [2.05, 4.69) is 49.6 Å². The van der Waals surface area contributed by atoms with Crippen LogP contribution in [0.3, 0.4) is 0 Å². The Kier molecular flexibility index (Phi) is 8.15. The lowest BCUT2D eigenvalue weighted by molar-refractivity contribution is 0.132. The summed E-state index contributed by atoms with van der Waals surface area (Å²) in [5, 5.41) is 6.70. The maximum Gasteiger partial charge on any atom is 0.164 e. The van der Waals surface area contributed by atoms with Crippen LogP contribution in [0.5, 0.6) is 0 Å². The first-order chi connectivity index (χ1) is 18.2. The van der Waals surface area contributed by atoms with Crippen molar-refractivity contribution in [2.45, 2.75) is 32.6 Å². The Morgan fingerprint density at radius 3 is 2.54 bits per heavy atom. The van der Waals surface area contributed by atoms with Crippen LogP contribution in [0.2, 0.25) is 0 Å². The van der Waals surface area contributed by atoms with E-state index in [1.54, 1.807) is 12.1 Å². The Hall–Kier alpha value is -3.65. The lowest BCUT2D eigenvalue weighted by atomic mass is 9.83. The van der Waals surface area contributed by atoms with Gasteiger partial charge in [0.05, 0.1) is 18.6 Å². The lowest BCUT2D eigenvalue weighted by Gasteiger charge is -2.26. The number of anilines is 1. The molecule has 3 aromatic rings. The maximum atomic E-state index is 12.9. The van der Waals surface area contributed by atoms with Gasteiger partial charge in [-0.3, -0.25) is 4.99 Å². The van der Waals surface area contributed by atoms with Gasteiger partial charge in [-0.25, -0.2) is 9.37 Å². The van der Waals surface area contributed by atoms with Gasteiger partial charge < -0.3 is 24.7 Å². The predicted octanol–water partition coefficient (Wildman–Crippen LogP) is 4.69. The largest absolute Gasteiger partial charge is 0.488 e. The second-order valence-corrected chi connectivity index (χ2v) is 9.32. The van der Waals surface area contributed by atoms with Crippen LogP contribution in [0.1, 0.15) is 35.2 Å². The summed E-state index contributed by atoms with van der Waals surface area (Å²) in [4.78, 5) is 9.04. The van der Waals surface area contributed by atoms with Crippen molar-refractivity contribution < 1.29 is 13.9 Å². The number of amidine groups is 1. The summed E-state index contributed by atoms with van der Waals surface area (Å²) in [6.45, 7) is 6.19. The average Bonchev–Trinajstić information content (AvgIpc) is 3.32. The Morgan fingerprint density at radius 2 is 1.81 bits per heavy atom. The molecule has 0 amide bonds. The monoisotopic (exact) mass is 503 g/mol. The van der Waals surface area contributed by atoms with Crippen molar-refractivity contribution in [3.05, 3.63) is 82.9 Å². The Bertz CT molecular complexity index is 1270. The zero-order valence-electron chi connectivity index (χ0n) is 21.3. The molecule has 37 heavy (non-hydrogen) atoms. The van der Waals surface area contributed by atoms with Crippen molar-refractivity contribution in [1.82, 2.24) is 14.9 Å². The number of hydrogen-bond donors (Lipinski definition) is 2. The second kappa shape index (κ2) is 12.1. The summed E-state index contributed by atoms with van der Waals surface area (Å²) in [6.07, 6.45) is 10.0. The van der Waals surface area contributed by atoms with E-state index in [0.717, 1.165) is 61.7 Å². The molecule has 194 valence electrons. The molecule has 0 saturated heterocycles. The first-order valence-electron chi connectivity index (χ1n) is 13.0. The van der Waals surface area contributed by atoms with Crippen molar-refractivity contribution >= 4 is 17.6 Å². The van der Waals surface area contributed by atoms with Gasteiger partial charge in [0.1, 0.15) is 12.4 Å². The molecule has 0 radical (unpaired) electrons. The van der Waals surface area contributed by atoms with Crippen molar-refractivity contribution in [2.75, 3.05) is 44.8 Å². The van der Waals surface area contributed by atoms with E-state index in [1.807, 2.05) is 13.3 Å². The van der Waals surface area contributed by atoms with Crippen LogP contribution in [0.25, 0.3) is 11.8 Å². The Balaban J connectivity index is 1.07. The summed E-state index contributed by atoms with van der Waals surface area (Å²) in [6, 6.07) is 10.7. The SMILES string of the molecule is Cc1cn(-c2ccc(/C=C3\OCCN=C3NCCCOCCCNc3ccc(F)cc3)c3c2CC3)cn1. The van der Waals surface area contributed by atoms with Crippen LogP contribution < -0.4 is 10.6 Å². The fourth-order valence-electron chi connectivity index (χ4n) is 4.59. The average molecular weight is 504 g/mol. The van der Waals surface area contributed by atoms with E-state index in [-0.39, 0.29) is 5.82 Å². The topological polar surface area (TPSA) is 72.7 Å². The van der Waals surface area contributed by atoms with Gasteiger partial charge in [0.15, 0.2) is 11.6 Å². The molecule has 0 bridgehead atoms. The minimum atomic E-state index is -0.223. The molecule has 0 atom stereocenters. The molecule has 0 spiro atoms. The molecular formula is C29H34FN5O2. The van der Waals surface area contributed by atoms with Gasteiger partial charge in [0.25, 0.3) is 0 Å². The molecule has 2 heterocycles. The van der Waals surface area contributed by atoms with Gasteiger partial charge >= 0.3 is 0 Å². The Morgan fingerprint density at radius 1 is 1.03 bits per heavy atom. The number of fused-ring (bicyclic) bond motifs is 1. The minimum Gasteiger partial charge on any atom is -0.488 e. The van der Waals surface area contributed by atoms with E-state index >= 15 is 0 Å². The van der Waals surface area contributed by atoms with E-state index in [0.29, 0.717) is 26.4 Å². The molecule has 8 heteroatoms. The van der Waals surface area contributed by atoms with Crippen molar-refractivity contribution in [2.24, 2.45) is 4.99 Å². The molecule has 1 aliphatic carbocycles. The van der Waals surface area contributed by atoms with Crippen molar-refractivity contribution in [1.29, 1.82) is 0 Å². The van der Waals surface area contributed by atoms with E-state index in [9.17, 15) is 4.39 Å². The zero-order valence-corrected chi connectivity index (χ0v) is 21.3. The van der Waals surface area contributed by atoms with Gasteiger partial charge in [-0.15, -0.1) is 0 Å². The van der Waals surface area contributed by atoms with E-state index in [4.69, 9.17) is 9.47 Å². The third kappa shape index (κ3) is 6.38. The molecule has 2 N–H and O–H groups in total. The number of ether oxygens (including phenoxy) is 2. The first kappa shape index (κ1) is 25.0. The maximum absolute atomic E-state index is 12.9. The second-order valence-electron chi connectivity index (χ2n) is 9.32. The fourth-order valence-corrected chi connectivity index (χ4v) is 4.59. The van der Waals surface area contributed by atoms with Gasteiger partial charge in [0.2, 0.25) is 0 Å². The molecule has 7 nitrogen and oxygen atoms in total. The fraction of sp³-hybridized carbons (Fsp3) is 0.379. The number of hydrogen-bond acceptors (Lipinski definition) is 6. The lowest BCUT2D eigenvalue weighted by Crippen LogP contribution is -2.31. The highest BCUT2D eigenvalue weighted by atomic mass is 19.1. The molecule has 0 fully saturated rings. The van der Waals surface area contributed by atoms with Crippen molar-refractivity contribution in [3.63, 3.8) is 0 Å². The van der Waals surface area contributed by atoms with Crippen molar-refractivity contribution in [3.8, 4) is 5.69 Å². The van der Waals surface area contributed by atoms with Crippen LogP contribution in [-0.4, -0.2) is 54.8 Å². The first-order valence-corrected chi connectivity index (χ1v) is 13.0. The summed E-state index contributed by atoms with van der Waals surface area (Å²) in [7, 11) is 0. The number of imidazole rings is 1. The molecular weight excluding hydrogens is 469 g/mol. The highest BCUT2D eigenvalue weighted by molar-refractivity contribution is 6.01. The minimum absolute atomic E-state index is 0.223. The summed E-state index contributed by atoms with van der Waals surface area (Å²) < 4.78 is 26.8. The number of nitrogens with one attached hydrogen (secondary N) is 2. The third-order valence-electron chi connectivity index (χ3n) is 6.59. The number of halogens is 1. The predicted molar refractivity (Wildman–Crippen MR) is 145 cm³/mol. The summed E-state index contributed by atoms with van der Waals surface area (Å²) in [5.74, 6) is 1.40. The van der Waals surface area contributed by atoms with E-state index < -0.39 is 0 Å². The van der Waals surface area contributed by atoms with Gasteiger partial charge in [-0.2, -0.15) is 0 Å². The molecule has 0 unspecified atom stereocenters. The Labute approximate surface area is 217 Å². The van der Waals surface area contributed by atoms with Gasteiger partial charge in [0, 0.05) is 43.9 Å². The number of aliphatic imine (C=N–C) groups is 1. The van der Waals surface area contributed by atoms with Crippen LogP contribution in [-0.2, 0) is 22.3 Å². The normalized spacial score (nSPS) is 15.5. The molecule has 5 rings (SSSR count). The third-order valence-corrected chi connectivity index (χ3v) is 6.59. The van der Waals surface area contributed by atoms with Crippen LogP contribution in [0.15, 0.2) is 59.7 Å². The summed E-state index contributed by atoms with van der Waals surface area (Å²) in [5.41, 5.74) is 7.12. The smallest absolute Gasteiger partial charge is 0.164 e. The molecule has 1 aromatic heterocycles. The highest BCUT2D eigenvalue weighted by Gasteiger charge is 2.22. The van der Waals surface area contributed by atoms with Crippen LogP contribution in [0.4, 0.5) is 10.1 Å². The van der Waals surface area contributed by atoms with Gasteiger partial charge in [-0.1, -0.05) is 6.07 Å². The molecule has 2 aliphatic rings. The quantitative estimate of drug-likeness (QED) is 0.372. The number of aryl methyl sites for hydroxylation is 1. The standard InChI is InChI=1S/C29H34FN5O2/c1-21-19-35(20-34-21)27-11-4-22(25-9-10-26(25)27)18-28-29(33-14-17-37-28)32-13-3-16-36-15-2-12-31-24-7-5-23(30)6-8-24/h4-8,11,18-20,31H,2-3,9-10,12-17H2,1H3,(H,32,33)/b28-18-. The zero-order chi connectivity index (χ0) is 25.5. The summed E-state index contributed by atoms with van der Waals surface area (Å²) >= 11 is 0. The number of nitrogens with zero attached hydrogens (tertiary/aromatic N) is 3. The number of benzene rings is 2. The van der Waals surface area contributed by atoms with Gasteiger partial charge in [-0.05, 0) is 85.7 Å². The molecule has 2 aromatic carbocycles. The number of aromatic nitrogens is 2. The molecule has 0 saturated carbocycles. The highest BCUT2D eigenvalue weighted by Crippen LogP contribution is 2.33. The molecule has 1 aliphatic heterocycles. The van der Waals surface area contributed by atoms with E-state index in [1.165, 1.54) is 34.5 Å². The van der Waals surface area contributed by atoms with Crippen LogP contribution >= 0.6 is 0 Å². The van der Waals surface area contributed by atoms with Crippen LogP contribution in [0, 0.1) is 12.7 Å².